The van der Waals surface area contributed by atoms with Gasteiger partial charge in [-0.2, -0.15) is 0 Å². The van der Waals surface area contributed by atoms with Gasteiger partial charge in [0.05, 0.1) is 0 Å². The van der Waals surface area contributed by atoms with Crippen molar-refractivity contribution < 1.29 is 0 Å². The smallest absolute Gasteiger partial charge is 0.0479 e. The number of H-pyrrole nitrogens is 1. The van der Waals surface area contributed by atoms with Crippen molar-refractivity contribution in [3.63, 3.8) is 0 Å². The number of thiophene rings is 1. The van der Waals surface area contributed by atoms with Gasteiger partial charge in [-0.15, -0.1) is 11.3 Å². The molecule has 0 saturated heterocycles. The van der Waals surface area contributed by atoms with Crippen LogP contribution < -0.4 is 5.73 Å². The molecule has 2 aromatic heterocycles. The number of hydrogen-bond acceptors (Lipinski definition) is 2. The molecule has 2 nitrogen and oxygen atoms in total. The fourth-order valence-electron chi connectivity index (χ4n) is 4.02. The van der Waals surface area contributed by atoms with Crippen LogP contribution in [-0.2, 0) is 0 Å². The lowest BCUT2D eigenvalue weighted by Crippen LogP contribution is -1.83. The number of nitrogens with one attached hydrogen (secondary N) is 1. The zero-order valence-electron chi connectivity index (χ0n) is 14.5. The van der Waals surface area contributed by atoms with Crippen molar-refractivity contribution in [3.05, 3.63) is 78.9 Å². The van der Waals surface area contributed by atoms with E-state index in [1.165, 1.54) is 53.1 Å². The second-order valence-corrected chi connectivity index (χ2v) is 8.02. The Morgan fingerprint density at radius 1 is 0.667 bits per heavy atom. The Labute approximate surface area is 159 Å². The highest BCUT2D eigenvalue weighted by atomic mass is 32.1. The van der Waals surface area contributed by atoms with Gasteiger partial charge in [-0.05, 0) is 47.5 Å². The number of aromatic amines is 1. The van der Waals surface area contributed by atoms with E-state index in [0.29, 0.717) is 0 Å². The summed E-state index contributed by atoms with van der Waals surface area (Å²) in [5.41, 5.74) is 11.4. The maximum atomic E-state index is 5.85. The zero-order valence-corrected chi connectivity index (χ0v) is 15.3. The largest absolute Gasteiger partial charge is 0.399 e. The summed E-state index contributed by atoms with van der Waals surface area (Å²) in [6, 6.07) is 27.8. The predicted molar refractivity (Wildman–Crippen MR) is 119 cm³/mol. The molecule has 0 unspecified atom stereocenters. The first kappa shape index (κ1) is 14.8. The molecule has 128 valence electrons. The molecule has 0 aliphatic carbocycles. The van der Waals surface area contributed by atoms with Crippen LogP contribution in [0.2, 0.25) is 0 Å². The van der Waals surface area contributed by atoms with Gasteiger partial charge >= 0.3 is 0 Å². The van der Waals surface area contributed by atoms with E-state index in [2.05, 4.69) is 71.7 Å². The molecule has 0 atom stereocenters. The van der Waals surface area contributed by atoms with Crippen LogP contribution in [-0.4, -0.2) is 4.98 Å². The van der Waals surface area contributed by atoms with Gasteiger partial charge in [0.25, 0.3) is 0 Å². The molecule has 0 amide bonds. The third kappa shape index (κ3) is 2.12. The van der Waals surface area contributed by atoms with Gasteiger partial charge in [0.2, 0.25) is 0 Å². The number of nitrogen functional groups attached to an aromatic ring is 1. The van der Waals surface area contributed by atoms with E-state index >= 15 is 0 Å². The standard InChI is InChI=1S/C24H16N2S/c25-16-8-5-14(6-9-16)15-7-11-20-19(13-15)23-21(26-20)12-10-18-17-3-1-2-4-22(17)27-24(18)23/h1-13,26H,25H2. The van der Waals surface area contributed by atoms with Gasteiger partial charge < -0.3 is 10.7 Å². The van der Waals surface area contributed by atoms with Crippen molar-refractivity contribution in [2.45, 2.75) is 0 Å². The molecule has 0 bridgehead atoms. The van der Waals surface area contributed by atoms with E-state index in [1.54, 1.807) is 0 Å². The maximum absolute atomic E-state index is 5.85. The van der Waals surface area contributed by atoms with Crippen molar-refractivity contribution >= 4 is 59.0 Å². The topological polar surface area (TPSA) is 41.8 Å². The molecule has 0 aliphatic heterocycles. The molecule has 3 heteroatoms. The Morgan fingerprint density at radius 3 is 2.33 bits per heavy atom. The minimum atomic E-state index is 0.791. The summed E-state index contributed by atoms with van der Waals surface area (Å²) in [5, 5.41) is 5.27. The molecule has 6 rings (SSSR count). The summed E-state index contributed by atoms with van der Waals surface area (Å²) in [6.45, 7) is 0. The molecule has 2 heterocycles. The van der Waals surface area contributed by atoms with Crippen LogP contribution >= 0.6 is 11.3 Å². The van der Waals surface area contributed by atoms with Crippen LogP contribution in [0.4, 0.5) is 5.69 Å². The number of anilines is 1. The molecule has 0 aliphatic rings. The molecule has 3 N–H and O–H groups in total. The first-order valence-electron chi connectivity index (χ1n) is 8.99. The van der Waals surface area contributed by atoms with Crippen molar-refractivity contribution in [1.82, 2.24) is 4.98 Å². The predicted octanol–water partition coefficient (Wildman–Crippen LogP) is 6.94. The van der Waals surface area contributed by atoms with Crippen molar-refractivity contribution in [1.29, 1.82) is 0 Å². The number of nitrogens with two attached hydrogens (primary N) is 1. The number of hydrogen-bond donors (Lipinski definition) is 2. The lowest BCUT2D eigenvalue weighted by atomic mass is 10.0. The second-order valence-electron chi connectivity index (χ2n) is 6.97. The fourth-order valence-corrected chi connectivity index (χ4v) is 5.29. The van der Waals surface area contributed by atoms with Gasteiger partial charge in [0, 0.05) is 47.7 Å². The van der Waals surface area contributed by atoms with Crippen LogP contribution in [0.1, 0.15) is 0 Å². The van der Waals surface area contributed by atoms with Crippen molar-refractivity contribution in [2.75, 3.05) is 5.73 Å². The Bertz CT molecular complexity index is 1470. The van der Waals surface area contributed by atoms with E-state index < -0.39 is 0 Å². The highest BCUT2D eigenvalue weighted by Gasteiger charge is 2.13. The second kappa shape index (κ2) is 5.35. The van der Waals surface area contributed by atoms with Gasteiger partial charge in [-0.1, -0.05) is 42.5 Å². The van der Waals surface area contributed by atoms with Gasteiger partial charge in [0.15, 0.2) is 0 Å². The molecular formula is C24H16N2S. The fraction of sp³-hybridized carbons (Fsp3) is 0. The summed E-state index contributed by atoms with van der Waals surface area (Å²) in [5.74, 6) is 0. The minimum absolute atomic E-state index is 0.791. The molecule has 0 saturated carbocycles. The number of aromatic nitrogens is 1. The molecular weight excluding hydrogens is 348 g/mol. The first-order chi connectivity index (χ1) is 13.3. The van der Waals surface area contributed by atoms with Gasteiger partial charge in [-0.25, -0.2) is 0 Å². The third-order valence-corrected chi connectivity index (χ3v) is 6.55. The quantitative estimate of drug-likeness (QED) is 0.305. The summed E-state index contributed by atoms with van der Waals surface area (Å²) in [4.78, 5) is 3.59. The lowest BCUT2D eigenvalue weighted by Gasteiger charge is -2.03. The normalized spacial score (nSPS) is 11.9. The Morgan fingerprint density at radius 2 is 1.44 bits per heavy atom. The summed E-state index contributed by atoms with van der Waals surface area (Å²) >= 11 is 1.88. The SMILES string of the molecule is Nc1ccc(-c2ccc3[nH]c4ccc5c6ccccc6sc5c4c3c2)cc1. The Kier molecular flexibility index (Phi) is 2.94. The minimum Gasteiger partial charge on any atom is -0.399 e. The molecule has 27 heavy (non-hydrogen) atoms. The molecule has 0 radical (unpaired) electrons. The number of rotatable bonds is 1. The highest BCUT2D eigenvalue weighted by Crippen LogP contribution is 2.41. The Hall–Kier alpha value is -3.30. The van der Waals surface area contributed by atoms with Crippen molar-refractivity contribution in [2.24, 2.45) is 0 Å². The zero-order chi connectivity index (χ0) is 18.0. The van der Waals surface area contributed by atoms with Crippen molar-refractivity contribution in [3.8, 4) is 11.1 Å². The van der Waals surface area contributed by atoms with Crippen LogP contribution in [0, 0.1) is 0 Å². The third-order valence-electron chi connectivity index (χ3n) is 5.35. The Balaban J connectivity index is 1.72. The van der Waals surface area contributed by atoms with E-state index in [0.717, 1.165) is 5.69 Å². The van der Waals surface area contributed by atoms with E-state index in [-0.39, 0.29) is 0 Å². The van der Waals surface area contributed by atoms with Crippen LogP contribution in [0.3, 0.4) is 0 Å². The molecule has 4 aromatic carbocycles. The van der Waals surface area contributed by atoms with Gasteiger partial charge in [-0.3, -0.25) is 0 Å². The van der Waals surface area contributed by atoms with Crippen LogP contribution in [0.15, 0.2) is 78.9 Å². The van der Waals surface area contributed by atoms with Crippen LogP contribution in [0.5, 0.6) is 0 Å². The lowest BCUT2D eigenvalue weighted by molar-refractivity contribution is 1.55. The monoisotopic (exact) mass is 364 g/mol. The van der Waals surface area contributed by atoms with E-state index in [1.807, 2.05) is 23.5 Å². The summed E-state index contributed by atoms with van der Waals surface area (Å²) in [7, 11) is 0. The van der Waals surface area contributed by atoms with Gasteiger partial charge in [0.1, 0.15) is 0 Å². The first-order valence-corrected chi connectivity index (χ1v) is 9.81. The van der Waals surface area contributed by atoms with E-state index in [4.69, 9.17) is 5.73 Å². The average molecular weight is 364 g/mol. The average Bonchev–Trinajstić information content (AvgIpc) is 3.25. The maximum Gasteiger partial charge on any atom is 0.0479 e. The highest BCUT2D eigenvalue weighted by molar-refractivity contribution is 7.26. The molecule has 0 fully saturated rings. The van der Waals surface area contributed by atoms with Crippen LogP contribution in [0.25, 0.3) is 53.1 Å². The number of benzene rings is 4. The molecule has 0 spiro atoms. The number of fused-ring (bicyclic) bond motifs is 7. The van der Waals surface area contributed by atoms with E-state index in [9.17, 15) is 0 Å². The summed E-state index contributed by atoms with van der Waals surface area (Å²) in [6.07, 6.45) is 0. The summed E-state index contributed by atoms with van der Waals surface area (Å²) < 4.78 is 2.69. The molecule has 6 aromatic rings.